The zero-order chi connectivity index (χ0) is 25.9. The Morgan fingerprint density at radius 3 is 2.54 bits per heavy atom. The molecular weight excluding hydrogens is 462 g/mol. The fourth-order valence-corrected chi connectivity index (χ4v) is 4.80. The summed E-state index contributed by atoms with van der Waals surface area (Å²) >= 11 is 0. The zero-order valence-corrected chi connectivity index (χ0v) is 21.7. The maximum atomic E-state index is 13.1. The van der Waals surface area contributed by atoms with Crippen molar-refractivity contribution in [2.75, 3.05) is 38.5 Å². The third kappa shape index (κ3) is 5.96. The van der Waals surface area contributed by atoms with E-state index in [4.69, 9.17) is 0 Å². The first-order valence-electron chi connectivity index (χ1n) is 12.7. The number of aryl methyl sites for hydroxylation is 2. The monoisotopic (exact) mass is 495 g/mol. The first-order chi connectivity index (χ1) is 17.8. The van der Waals surface area contributed by atoms with Crippen LogP contribution in [0.5, 0.6) is 0 Å². The van der Waals surface area contributed by atoms with Gasteiger partial charge in [0.2, 0.25) is 5.56 Å². The number of benzene rings is 2. The number of anilines is 1. The Balaban J connectivity index is 1.27. The summed E-state index contributed by atoms with van der Waals surface area (Å²) in [5.41, 5.74) is 7.52. The van der Waals surface area contributed by atoms with Crippen molar-refractivity contribution in [2.45, 2.75) is 26.8 Å². The molecule has 0 spiro atoms. The Hall–Kier alpha value is -3.81. The Morgan fingerprint density at radius 2 is 1.76 bits per heavy atom. The van der Waals surface area contributed by atoms with Gasteiger partial charge in [0.15, 0.2) is 0 Å². The summed E-state index contributed by atoms with van der Waals surface area (Å²) in [5, 5.41) is 3.95. The van der Waals surface area contributed by atoms with Crippen molar-refractivity contribution in [1.29, 1.82) is 0 Å². The molecule has 0 bridgehead atoms. The highest BCUT2D eigenvalue weighted by Gasteiger charge is 2.15. The Morgan fingerprint density at radius 1 is 0.946 bits per heavy atom. The van der Waals surface area contributed by atoms with Gasteiger partial charge in [-0.15, -0.1) is 0 Å². The number of hydrogen-bond donors (Lipinski definition) is 2. The highest BCUT2D eigenvalue weighted by atomic mass is 16.1. The lowest BCUT2D eigenvalue weighted by Crippen LogP contribution is -2.43. The highest BCUT2D eigenvalue weighted by molar-refractivity contribution is 6.04. The van der Waals surface area contributed by atoms with Crippen molar-refractivity contribution in [3.05, 3.63) is 105 Å². The number of hydrogen-bond acceptors (Lipinski definition) is 5. The molecule has 1 aliphatic heterocycles. The SMILES string of the molecule is Cc1ccc(C(=O)Nc2ccc(CN3CCN(C)CC3)c(C)c2)cc1Cc1cnc2[nH]c(=O)ccc2c1. The molecule has 2 N–H and O–H groups in total. The minimum atomic E-state index is -0.165. The van der Waals surface area contributed by atoms with Gasteiger partial charge in [-0.2, -0.15) is 0 Å². The fourth-order valence-electron chi connectivity index (χ4n) is 4.80. The summed E-state index contributed by atoms with van der Waals surface area (Å²) in [7, 11) is 2.17. The van der Waals surface area contributed by atoms with Crippen molar-refractivity contribution in [1.82, 2.24) is 19.8 Å². The van der Waals surface area contributed by atoms with Crippen LogP contribution in [0.25, 0.3) is 11.0 Å². The molecule has 1 aliphatic rings. The molecule has 0 radical (unpaired) electrons. The second kappa shape index (κ2) is 10.7. The van der Waals surface area contributed by atoms with Crippen molar-refractivity contribution in [3.8, 4) is 0 Å². The molecule has 4 aromatic rings. The van der Waals surface area contributed by atoms with Gasteiger partial charge in [-0.1, -0.05) is 12.1 Å². The van der Waals surface area contributed by atoms with Gasteiger partial charge in [0.05, 0.1) is 0 Å². The second-order valence-corrected chi connectivity index (χ2v) is 10.1. The molecule has 37 heavy (non-hydrogen) atoms. The Kier molecular flexibility index (Phi) is 7.17. The van der Waals surface area contributed by atoms with Crippen molar-refractivity contribution < 1.29 is 4.79 Å². The molecule has 0 unspecified atom stereocenters. The normalized spacial score (nSPS) is 14.7. The second-order valence-electron chi connectivity index (χ2n) is 10.1. The van der Waals surface area contributed by atoms with E-state index in [1.165, 1.54) is 17.2 Å². The van der Waals surface area contributed by atoms with Crippen LogP contribution in [0.4, 0.5) is 5.69 Å². The quantitative estimate of drug-likeness (QED) is 0.420. The summed E-state index contributed by atoms with van der Waals surface area (Å²) in [4.78, 5) is 36.6. The van der Waals surface area contributed by atoms with E-state index in [0.29, 0.717) is 17.6 Å². The van der Waals surface area contributed by atoms with E-state index in [1.807, 2.05) is 37.3 Å². The number of piperazine rings is 1. The van der Waals surface area contributed by atoms with Crippen LogP contribution in [0, 0.1) is 13.8 Å². The van der Waals surface area contributed by atoms with Gasteiger partial charge >= 0.3 is 0 Å². The van der Waals surface area contributed by atoms with Crippen LogP contribution >= 0.6 is 0 Å². The number of carbonyl (C=O) groups is 1. The van der Waals surface area contributed by atoms with Crippen LogP contribution in [0.1, 0.15) is 38.2 Å². The van der Waals surface area contributed by atoms with E-state index < -0.39 is 0 Å². The largest absolute Gasteiger partial charge is 0.322 e. The first kappa shape index (κ1) is 24.9. The average Bonchev–Trinajstić information content (AvgIpc) is 2.88. The summed E-state index contributed by atoms with van der Waals surface area (Å²) in [5.74, 6) is -0.123. The molecular formula is C30H33N5O2. The van der Waals surface area contributed by atoms with Crippen LogP contribution in [0.2, 0.25) is 0 Å². The number of fused-ring (bicyclic) bond motifs is 1. The number of pyridine rings is 2. The van der Waals surface area contributed by atoms with Crippen LogP contribution < -0.4 is 10.9 Å². The lowest BCUT2D eigenvalue weighted by Gasteiger charge is -2.32. The van der Waals surface area contributed by atoms with E-state index in [0.717, 1.165) is 60.5 Å². The molecule has 3 heterocycles. The molecule has 5 rings (SSSR count). The molecule has 0 atom stereocenters. The molecule has 7 heteroatoms. The number of aromatic nitrogens is 2. The fraction of sp³-hybridized carbons (Fsp3) is 0.300. The van der Waals surface area contributed by atoms with E-state index in [-0.39, 0.29) is 11.5 Å². The van der Waals surface area contributed by atoms with E-state index in [2.05, 4.69) is 51.2 Å². The van der Waals surface area contributed by atoms with Gasteiger partial charge in [-0.25, -0.2) is 4.98 Å². The predicted molar refractivity (Wildman–Crippen MR) is 148 cm³/mol. The van der Waals surface area contributed by atoms with Gasteiger partial charge in [0.25, 0.3) is 5.91 Å². The van der Waals surface area contributed by atoms with Crippen LogP contribution in [0.3, 0.4) is 0 Å². The number of aromatic amines is 1. The van der Waals surface area contributed by atoms with Crippen molar-refractivity contribution >= 4 is 22.6 Å². The predicted octanol–water partition coefficient (Wildman–Crippen LogP) is 4.13. The summed E-state index contributed by atoms with van der Waals surface area (Å²) in [6, 6.07) is 17.3. The third-order valence-corrected chi connectivity index (χ3v) is 7.23. The molecule has 0 aliphatic carbocycles. The number of rotatable bonds is 6. The first-order valence-corrected chi connectivity index (χ1v) is 12.7. The van der Waals surface area contributed by atoms with E-state index in [1.54, 1.807) is 12.3 Å². The van der Waals surface area contributed by atoms with E-state index in [9.17, 15) is 9.59 Å². The maximum Gasteiger partial charge on any atom is 0.255 e. The minimum Gasteiger partial charge on any atom is -0.322 e. The number of carbonyl (C=O) groups excluding carboxylic acids is 1. The lowest BCUT2D eigenvalue weighted by molar-refractivity contribution is 0.102. The van der Waals surface area contributed by atoms with Gasteiger partial charge in [0, 0.05) is 61.6 Å². The molecule has 190 valence electrons. The molecule has 7 nitrogen and oxygen atoms in total. The lowest BCUT2D eigenvalue weighted by atomic mass is 9.98. The topological polar surface area (TPSA) is 81.3 Å². The summed E-state index contributed by atoms with van der Waals surface area (Å²) in [6.45, 7) is 9.46. The van der Waals surface area contributed by atoms with E-state index >= 15 is 0 Å². The van der Waals surface area contributed by atoms with Crippen LogP contribution in [0.15, 0.2) is 65.6 Å². The minimum absolute atomic E-state index is 0.123. The third-order valence-electron chi connectivity index (χ3n) is 7.23. The molecule has 0 saturated carbocycles. The summed E-state index contributed by atoms with van der Waals surface area (Å²) < 4.78 is 0. The smallest absolute Gasteiger partial charge is 0.255 e. The number of amides is 1. The zero-order valence-electron chi connectivity index (χ0n) is 21.7. The number of nitrogens with one attached hydrogen (secondary N) is 2. The van der Waals surface area contributed by atoms with Crippen molar-refractivity contribution in [3.63, 3.8) is 0 Å². The Bertz CT molecular complexity index is 1500. The highest BCUT2D eigenvalue weighted by Crippen LogP contribution is 2.21. The van der Waals surface area contributed by atoms with Gasteiger partial charge in [-0.3, -0.25) is 14.5 Å². The van der Waals surface area contributed by atoms with Gasteiger partial charge < -0.3 is 15.2 Å². The number of nitrogens with zero attached hydrogens (tertiary/aromatic N) is 3. The van der Waals surface area contributed by atoms with Crippen LogP contribution in [-0.4, -0.2) is 58.9 Å². The molecule has 2 aromatic heterocycles. The molecule has 1 fully saturated rings. The Labute approximate surface area is 217 Å². The van der Waals surface area contributed by atoms with Gasteiger partial charge in [-0.05, 0) is 91.5 Å². The van der Waals surface area contributed by atoms with Gasteiger partial charge in [0.1, 0.15) is 5.65 Å². The number of H-pyrrole nitrogens is 1. The average molecular weight is 496 g/mol. The number of likely N-dealkylation sites (N-methyl/N-ethyl adjacent to an activating group) is 1. The summed E-state index contributed by atoms with van der Waals surface area (Å²) in [6.07, 6.45) is 2.42. The standard InChI is InChI=1S/C30H33N5O2/c1-20-4-5-24(17-26(20)16-22-15-23-7-9-28(36)33-29(23)31-18-22)30(37)32-27-8-6-25(21(2)14-27)19-35-12-10-34(3)11-13-35/h4-9,14-15,17-18H,10-13,16,19H2,1-3H3,(H,32,37)(H,31,33,36). The molecule has 2 aromatic carbocycles. The molecule has 1 saturated heterocycles. The maximum absolute atomic E-state index is 13.1. The van der Waals surface area contributed by atoms with Crippen LogP contribution in [-0.2, 0) is 13.0 Å². The molecule has 1 amide bonds. The van der Waals surface area contributed by atoms with Crippen molar-refractivity contribution in [2.24, 2.45) is 0 Å².